The zero-order chi connectivity index (χ0) is 12.3. The van der Waals surface area contributed by atoms with Crippen LogP contribution < -0.4 is 11.1 Å². The van der Waals surface area contributed by atoms with Crippen LogP contribution in [0.4, 0.5) is 0 Å². The van der Waals surface area contributed by atoms with Crippen molar-refractivity contribution in [3.63, 3.8) is 0 Å². The van der Waals surface area contributed by atoms with Crippen LogP contribution in [0.15, 0.2) is 0 Å². The molecule has 1 heterocycles. The molecule has 2 rings (SSSR count). The van der Waals surface area contributed by atoms with Crippen molar-refractivity contribution >= 4 is 5.91 Å². The Kier molecular flexibility index (Phi) is 3.68. The van der Waals surface area contributed by atoms with Crippen LogP contribution in [-0.2, 0) is 4.79 Å². The molecule has 0 aliphatic heterocycles. The van der Waals surface area contributed by atoms with Gasteiger partial charge in [-0.3, -0.25) is 4.79 Å². The van der Waals surface area contributed by atoms with E-state index in [-0.39, 0.29) is 17.9 Å². The van der Waals surface area contributed by atoms with Gasteiger partial charge in [-0.15, -0.1) is 10.2 Å². The van der Waals surface area contributed by atoms with Gasteiger partial charge in [-0.05, 0) is 32.2 Å². The molecule has 0 spiro atoms. The summed E-state index contributed by atoms with van der Waals surface area (Å²) < 4.78 is 0. The lowest BCUT2D eigenvalue weighted by Gasteiger charge is -2.19. The number of nitrogens with zero attached hydrogens (tertiary/aromatic N) is 3. The summed E-state index contributed by atoms with van der Waals surface area (Å²) in [6.07, 6.45) is 3.05. The zero-order valence-corrected chi connectivity index (χ0v) is 9.89. The molecule has 1 aliphatic rings. The smallest absolute Gasteiger partial charge is 0.224 e. The first-order valence-electron chi connectivity index (χ1n) is 5.96. The van der Waals surface area contributed by atoms with Crippen molar-refractivity contribution in [2.24, 2.45) is 17.6 Å². The van der Waals surface area contributed by atoms with Crippen LogP contribution in [0.3, 0.4) is 0 Å². The molecule has 1 aliphatic carbocycles. The predicted molar refractivity (Wildman–Crippen MR) is 60.6 cm³/mol. The SMILES string of the molecule is CC(NC(=O)C1CCCC1CN)c1nn[nH]n1. The fourth-order valence-corrected chi connectivity index (χ4v) is 2.40. The molecule has 1 aromatic rings. The maximum absolute atomic E-state index is 12.1. The molecule has 4 N–H and O–H groups in total. The standard InChI is InChI=1S/C10H18N6O/c1-6(9-13-15-16-14-9)12-10(17)8-4-2-3-7(8)5-11/h6-8H,2-5,11H2,1H3,(H,12,17)(H,13,14,15,16). The van der Waals surface area contributed by atoms with E-state index in [0.29, 0.717) is 18.3 Å². The van der Waals surface area contributed by atoms with Gasteiger partial charge in [-0.1, -0.05) is 11.6 Å². The average molecular weight is 238 g/mol. The Morgan fingerprint density at radius 3 is 3.12 bits per heavy atom. The lowest BCUT2D eigenvalue weighted by molar-refractivity contribution is -0.126. The van der Waals surface area contributed by atoms with Crippen LogP contribution in [0.1, 0.15) is 38.1 Å². The Balaban J connectivity index is 1.92. The second kappa shape index (κ2) is 5.22. The van der Waals surface area contributed by atoms with Gasteiger partial charge in [0, 0.05) is 5.92 Å². The summed E-state index contributed by atoms with van der Waals surface area (Å²) in [6, 6.07) is -0.222. The molecule has 0 radical (unpaired) electrons. The summed E-state index contributed by atoms with van der Waals surface area (Å²) in [6.45, 7) is 2.42. The van der Waals surface area contributed by atoms with Crippen molar-refractivity contribution in [3.05, 3.63) is 5.82 Å². The Labute approximate surface area is 99.5 Å². The third-order valence-electron chi connectivity index (χ3n) is 3.41. The molecule has 1 fully saturated rings. The van der Waals surface area contributed by atoms with Crippen LogP contribution >= 0.6 is 0 Å². The molecule has 7 nitrogen and oxygen atoms in total. The number of carbonyl (C=O) groups is 1. The van der Waals surface area contributed by atoms with E-state index < -0.39 is 0 Å². The highest BCUT2D eigenvalue weighted by molar-refractivity contribution is 5.79. The minimum Gasteiger partial charge on any atom is -0.346 e. The summed E-state index contributed by atoms with van der Waals surface area (Å²) in [5.74, 6) is 0.901. The van der Waals surface area contributed by atoms with Gasteiger partial charge in [0.2, 0.25) is 5.91 Å². The highest BCUT2D eigenvalue weighted by Gasteiger charge is 2.32. The first kappa shape index (κ1) is 12.0. The highest BCUT2D eigenvalue weighted by Crippen LogP contribution is 2.31. The van der Waals surface area contributed by atoms with E-state index in [1.54, 1.807) is 0 Å². The van der Waals surface area contributed by atoms with Crippen LogP contribution in [0.2, 0.25) is 0 Å². The number of tetrazole rings is 1. The Morgan fingerprint density at radius 1 is 1.65 bits per heavy atom. The zero-order valence-electron chi connectivity index (χ0n) is 9.89. The Morgan fingerprint density at radius 2 is 2.47 bits per heavy atom. The molecule has 1 saturated carbocycles. The normalized spacial score (nSPS) is 25.8. The van der Waals surface area contributed by atoms with Crippen molar-refractivity contribution in [2.45, 2.75) is 32.2 Å². The van der Waals surface area contributed by atoms with E-state index in [2.05, 4.69) is 25.9 Å². The average Bonchev–Trinajstić information content (AvgIpc) is 2.99. The molecule has 0 aromatic carbocycles. The van der Waals surface area contributed by atoms with Crippen LogP contribution in [0.25, 0.3) is 0 Å². The van der Waals surface area contributed by atoms with Gasteiger partial charge in [0.05, 0.1) is 6.04 Å². The van der Waals surface area contributed by atoms with Crippen LogP contribution in [0, 0.1) is 11.8 Å². The quantitative estimate of drug-likeness (QED) is 0.670. The van der Waals surface area contributed by atoms with E-state index in [0.717, 1.165) is 19.3 Å². The number of hydrogen-bond acceptors (Lipinski definition) is 5. The molecule has 3 unspecified atom stereocenters. The van der Waals surface area contributed by atoms with Gasteiger partial charge in [0.25, 0.3) is 0 Å². The largest absolute Gasteiger partial charge is 0.346 e. The maximum Gasteiger partial charge on any atom is 0.224 e. The summed E-state index contributed by atoms with van der Waals surface area (Å²) >= 11 is 0. The molecule has 0 saturated heterocycles. The van der Waals surface area contributed by atoms with Crippen LogP contribution in [-0.4, -0.2) is 33.1 Å². The molecule has 7 heteroatoms. The van der Waals surface area contributed by atoms with Gasteiger partial charge in [0.1, 0.15) is 0 Å². The van der Waals surface area contributed by atoms with Crippen molar-refractivity contribution < 1.29 is 4.79 Å². The van der Waals surface area contributed by atoms with Gasteiger partial charge >= 0.3 is 0 Å². The van der Waals surface area contributed by atoms with E-state index in [4.69, 9.17) is 5.73 Å². The third-order valence-corrected chi connectivity index (χ3v) is 3.41. The number of hydrogen-bond donors (Lipinski definition) is 3. The number of H-pyrrole nitrogens is 1. The minimum atomic E-state index is -0.222. The summed E-state index contributed by atoms with van der Waals surface area (Å²) in [7, 11) is 0. The van der Waals surface area contributed by atoms with Crippen molar-refractivity contribution in [3.8, 4) is 0 Å². The lowest BCUT2D eigenvalue weighted by atomic mass is 9.95. The Hall–Kier alpha value is -1.50. The molecular formula is C10H18N6O. The van der Waals surface area contributed by atoms with Gasteiger partial charge in [0.15, 0.2) is 5.82 Å². The summed E-state index contributed by atoms with van der Waals surface area (Å²) in [4.78, 5) is 12.1. The second-order valence-corrected chi connectivity index (χ2v) is 4.53. The molecule has 3 atom stereocenters. The number of nitrogens with two attached hydrogens (primary N) is 1. The highest BCUT2D eigenvalue weighted by atomic mass is 16.2. The molecule has 94 valence electrons. The number of amides is 1. The summed E-state index contributed by atoms with van der Waals surface area (Å²) in [5, 5.41) is 16.4. The number of aromatic nitrogens is 4. The number of carbonyl (C=O) groups excluding carboxylic acids is 1. The third kappa shape index (κ3) is 2.60. The van der Waals surface area contributed by atoms with Crippen molar-refractivity contribution in [1.29, 1.82) is 0 Å². The number of rotatable bonds is 4. The molecular weight excluding hydrogens is 220 g/mol. The maximum atomic E-state index is 12.1. The fraction of sp³-hybridized carbons (Fsp3) is 0.800. The van der Waals surface area contributed by atoms with Gasteiger partial charge < -0.3 is 11.1 Å². The van der Waals surface area contributed by atoms with Crippen LogP contribution in [0.5, 0.6) is 0 Å². The van der Waals surface area contributed by atoms with E-state index in [1.165, 1.54) is 0 Å². The molecule has 17 heavy (non-hydrogen) atoms. The number of aromatic amines is 1. The monoisotopic (exact) mass is 238 g/mol. The molecule has 1 aromatic heterocycles. The van der Waals surface area contributed by atoms with Gasteiger partial charge in [-0.25, -0.2) is 0 Å². The predicted octanol–water partition coefficient (Wildman–Crippen LogP) is -0.248. The molecule has 0 bridgehead atoms. The number of nitrogens with one attached hydrogen (secondary N) is 2. The van der Waals surface area contributed by atoms with E-state index in [9.17, 15) is 4.79 Å². The Bertz CT molecular complexity index is 365. The first-order chi connectivity index (χ1) is 8.22. The fourth-order valence-electron chi connectivity index (χ4n) is 2.40. The van der Waals surface area contributed by atoms with Gasteiger partial charge in [-0.2, -0.15) is 5.21 Å². The van der Waals surface area contributed by atoms with Crippen molar-refractivity contribution in [1.82, 2.24) is 25.9 Å². The van der Waals surface area contributed by atoms with E-state index in [1.807, 2.05) is 6.92 Å². The minimum absolute atomic E-state index is 0.0364. The summed E-state index contributed by atoms with van der Waals surface area (Å²) in [5.41, 5.74) is 5.67. The second-order valence-electron chi connectivity index (χ2n) is 4.53. The van der Waals surface area contributed by atoms with Crippen molar-refractivity contribution in [2.75, 3.05) is 6.54 Å². The molecule has 1 amide bonds. The topological polar surface area (TPSA) is 110 Å². The first-order valence-corrected chi connectivity index (χ1v) is 5.96. The lowest BCUT2D eigenvalue weighted by Crippen LogP contribution is -2.36. The van der Waals surface area contributed by atoms with E-state index >= 15 is 0 Å².